The van der Waals surface area contributed by atoms with Crippen LogP contribution in [0.15, 0.2) is 24.3 Å². The minimum Gasteiger partial charge on any atom is -0.492 e. The van der Waals surface area contributed by atoms with Gasteiger partial charge in [-0.1, -0.05) is 22.9 Å². The Morgan fingerprint density at radius 2 is 2.00 bits per heavy atom. The summed E-state index contributed by atoms with van der Waals surface area (Å²) < 4.78 is 7.19. The maximum absolute atomic E-state index is 11.0. The third-order valence-corrected chi connectivity index (χ3v) is 2.81. The molecule has 0 aliphatic rings. The van der Waals surface area contributed by atoms with E-state index < -0.39 is 5.91 Å². The molecule has 19 heavy (non-hydrogen) atoms. The maximum Gasteiger partial charge on any atom is 0.271 e. The van der Waals surface area contributed by atoms with Crippen molar-refractivity contribution >= 4 is 5.91 Å². The van der Waals surface area contributed by atoms with Crippen molar-refractivity contribution in [3.63, 3.8) is 0 Å². The molecule has 0 unspecified atom stereocenters. The lowest BCUT2D eigenvalue weighted by molar-refractivity contribution is 0.0995. The van der Waals surface area contributed by atoms with Gasteiger partial charge in [0.25, 0.3) is 5.91 Å². The van der Waals surface area contributed by atoms with Gasteiger partial charge in [0, 0.05) is 0 Å². The standard InChI is InChI=1S/C13H16N4O2/c1-9-3-5-11(6-4-9)19-8-7-17-10(2)12(13(14)18)15-16-17/h3-6H,7-8H2,1-2H3,(H2,14,18). The molecule has 2 rings (SSSR count). The Bertz CT molecular complexity index is 575. The van der Waals surface area contributed by atoms with E-state index in [9.17, 15) is 4.79 Å². The van der Waals surface area contributed by atoms with Crippen molar-refractivity contribution in [2.24, 2.45) is 5.73 Å². The number of aromatic nitrogens is 3. The second kappa shape index (κ2) is 5.51. The number of rotatable bonds is 5. The molecule has 0 saturated heterocycles. The summed E-state index contributed by atoms with van der Waals surface area (Å²) in [5.41, 5.74) is 7.22. The molecular formula is C13H16N4O2. The minimum absolute atomic E-state index is 0.204. The largest absolute Gasteiger partial charge is 0.492 e. The number of hydrogen-bond acceptors (Lipinski definition) is 4. The van der Waals surface area contributed by atoms with Gasteiger partial charge in [-0.3, -0.25) is 4.79 Å². The zero-order chi connectivity index (χ0) is 13.8. The van der Waals surface area contributed by atoms with Gasteiger partial charge in [0.15, 0.2) is 5.69 Å². The highest BCUT2D eigenvalue weighted by Crippen LogP contribution is 2.11. The number of amides is 1. The Morgan fingerprint density at radius 3 is 2.58 bits per heavy atom. The fraction of sp³-hybridized carbons (Fsp3) is 0.308. The number of nitrogens with two attached hydrogens (primary N) is 1. The Morgan fingerprint density at radius 1 is 1.32 bits per heavy atom. The highest BCUT2D eigenvalue weighted by atomic mass is 16.5. The van der Waals surface area contributed by atoms with Crippen molar-refractivity contribution in [1.29, 1.82) is 0 Å². The molecule has 1 amide bonds. The number of carbonyl (C=O) groups excluding carboxylic acids is 1. The average molecular weight is 260 g/mol. The van der Waals surface area contributed by atoms with Crippen LogP contribution >= 0.6 is 0 Å². The molecule has 0 aliphatic carbocycles. The summed E-state index contributed by atoms with van der Waals surface area (Å²) in [5, 5.41) is 7.60. The third kappa shape index (κ3) is 3.09. The molecule has 0 fully saturated rings. The second-order valence-corrected chi connectivity index (χ2v) is 4.27. The van der Waals surface area contributed by atoms with Gasteiger partial charge in [-0.15, -0.1) is 5.10 Å². The van der Waals surface area contributed by atoms with Gasteiger partial charge in [-0.25, -0.2) is 4.68 Å². The molecule has 1 aromatic carbocycles. The van der Waals surface area contributed by atoms with Gasteiger partial charge in [-0.05, 0) is 26.0 Å². The van der Waals surface area contributed by atoms with Gasteiger partial charge in [0.1, 0.15) is 12.4 Å². The van der Waals surface area contributed by atoms with Crippen LogP contribution in [0, 0.1) is 13.8 Å². The van der Waals surface area contributed by atoms with Crippen LogP contribution in [0.4, 0.5) is 0 Å². The Hall–Kier alpha value is -2.37. The second-order valence-electron chi connectivity index (χ2n) is 4.27. The SMILES string of the molecule is Cc1ccc(OCCn2nnc(C(N)=O)c2C)cc1. The lowest BCUT2D eigenvalue weighted by Crippen LogP contribution is -2.15. The van der Waals surface area contributed by atoms with Crippen molar-refractivity contribution < 1.29 is 9.53 Å². The maximum atomic E-state index is 11.0. The van der Waals surface area contributed by atoms with E-state index in [1.54, 1.807) is 11.6 Å². The molecule has 1 aromatic heterocycles. The predicted octanol–water partition coefficient (Wildman–Crippen LogP) is 1.07. The highest BCUT2D eigenvalue weighted by molar-refractivity contribution is 5.91. The number of aryl methyl sites for hydroxylation is 1. The third-order valence-electron chi connectivity index (χ3n) is 2.81. The average Bonchev–Trinajstić information content (AvgIpc) is 2.74. The minimum atomic E-state index is -0.566. The predicted molar refractivity (Wildman–Crippen MR) is 70.0 cm³/mol. The van der Waals surface area contributed by atoms with Crippen LogP contribution in [0.2, 0.25) is 0 Å². The van der Waals surface area contributed by atoms with E-state index in [-0.39, 0.29) is 5.69 Å². The van der Waals surface area contributed by atoms with Crippen LogP contribution in [0.1, 0.15) is 21.7 Å². The van der Waals surface area contributed by atoms with Crippen LogP contribution in [0.3, 0.4) is 0 Å². The molecule has 0 radical (unpaired) electrons. The van der Waals surface area contributed by atoms with E-state index in [0.29, 0.717) is 18.8 Å². The van der Waals surface area contributed by atoms with Crippen molar-refractivity contribution in [3.8, 4) is 5.75 Å². The Labute approximate surface area is 111 Å². The van der Waals surface area contributed by atoms with Crippen LogP contribution < -0.4 is 10.5 Å². The number of hydrogen-bond donors (Lipinski definition) is 1. The number of ether oxygens (including phenoxy) is 1. The van der Waals surface area contributed by atoms with E-state index >= 15 is 0 Å². The number of benzene rings is 1. The van der Waals surface area contributed by atoms with Gasteiger partial charge in [0.05, 0.1) is 12.2 Å². The lowest BCUT2D eigenvalue weighted by atomic mass is 10.2. The molecule has 2 aromatic rings. The van der Waals surface area contributed by atoms with Crippen molar-refractivity contribution in [2.75, 3.05) is 6.61 Å². The first-order valence-corrected chi connectivity index (χ1v) is 5.97. The zero-order valence-electron chi connectivity index (χ0n) is 11.0. The van der Waals surface area contributed by atoms with E-state index in [0.717, 1.165) is 5.75 Å². The topological polar surface area (TPSA) is 83.0 Å². The molecule has 0 aliphatic heterocycles. The summed E-state index contributed by atoms with van der Waals surface area (Å²) >= 11 is 0. The van der Waals surface area contributed by atoms with Crippen molar-refractivity contribution in [1.82, 2.24) is 15.0 Å². The monoisotopic (exact) mass is 260 g/mol. The van der Waals surface area contributed by atoms with Gasteiger partial charge in [0.2, 0.25) is 0 Å². The first-order chi connectivity index (χ1) is 9.08. The Kier molecular flexibility index (Phi) is 3.79. The van der Waals surface area contributed by atoms with E-state index in [1.807, 2.05) is 31.2 Å². The van der Waals surface area contributed by atoms with Crippen molar-refractivity contribution in [3.05, 3.63) is 41.2 Å². The molecule has 0 bridgehead atoms. The summed E-state index contributed by atoms with van der Waals surface area (Å²) in [7, 11) is 0. The lowest BCUT2D eigenvalue weighted by Gasteiger charge is -2.07. The number of nitrogens with zero attached hydrogens (tertiary/aromatic N) is 3. The summed E-state index contributed by atoms with van der Waals surface area (Å²) in [5.74, 6) is 0.238. The molecule has 0 atom stereocenters. The number of primary amides is 1. The number of carbonyl (C=O) groups is 1. The molecule has 0 spiro atoms. The molecule has 2 N–H and O–H groups in total. The summed E-state index contributed by atoms with van der Waals surface area (Å²) in [6, 6.07) is 7.80. The highest BCUT2D eigenvalue weighted by Gasteiger charge is 2.12. The summed E-state index contributed by atoms with van der Waals surface area (Å²) in [6.45, 7) is 4.74. The molecule has 100 valence electrons. The first kappa shape index (κ1) is 13.1. The van der Waals surface area contributed by atoms with Crippen LogP contribution in [-0.4, -0.2) is 27.5 Å². The van der Waals surface area contributed by atoms with Crippen LogP contribution in [0.25, 0.3) is 0 Å². The fourth-order valence-corrected chi connectivity index (χ4v) is 1.68. The fourth-order valence-electron chi connectivity index (χ4n) is 1.68. The van der Waals surface area contributed by atoms with Gasteiger partial charge < -0.3 is 10.5 Å². The molecule has 1 heterocycles. The van der Waals surface area contributed by atoms with Crippen LogP contribution in [-0.2, 0) is 6.54 Å². The van der Waals surface area contributed by atoms with Crippen molar-refractivity contribution in [2.45, 2.75) is 20.4 Å². The molecule has 6 heteroatoms. The van der Waals surface area contributed by atoms with Gasteiger partial charge in [-0.2, -0.15) is 0 Å². The van der Waals surface area contributed by atoms with Crippen LogP contribution in [0.5, 0.6) is 5.75 Å². The van der Waals surface area contributed by atoms with E-state index in [1.165, 1.54) is 5.56 Å². The molecular weight excluding hydrogens is 244 g/mol. The summed E-state index contributed by atoms with van der Waals surface area (Å²) in [6.07, 6.45) is 0. The first-order valence-electron chi connectivity index (χ1n) is 5.97. The zero-order valence-corrected chi connectivity index (χ0v) is 11.0. The van der Waals surface area contributed by atoms with E-state index in [2.05, 4.69) is 10.3 Å². The molecule has 6 nitrogen and oxygen atoms in total. The Balaban J connectivity index is 1.92. The summed E-state index contributed by atoms with van der Waals surface area (Å²) in [4.78, 5) is 11.0. The smallest absolute Gasteiger partial charge is 0.271 e. The normalized spacial score (nSPS) is 10.4. The van der Waals surface area contributed by atoms with E-state index in [4.69, 9.17) is 10.5 Å². The molecule has 0 saturated carbocycles. The van der Waals surface area contributed by atoms with Gasteiger partial charge >= 0.3 is 0 Å². The quantitative estimate of drug-likeness (QED) is 0.871.